The number of nitrogens with one attached hydrogen (secondary N) is 1. The number of amides is 2. The van der Waals surface area contributed by atoms with Crippen molar-refractivity contribution in [3.63, 3.8) is 0 Å². The zero-order chi connectivity index (χ0) is 19.3. The molecule has 1 aliphatic rings. The molecular weight excluding hydrogens is 336 g/mol. The second kappa shape index (κ2) is 8.27. The molecule has 0 spiro atoms. The van der Waals surface area contributed by atoms with Gasteiger partial charge in [-0.05, 0) is 39.3 Å². The fraction of sp³-hybridized carbons (Fsp3) is 0.556. The van der Waals surface area contributed by atoms with Gasteiger partial charge < -0.3 is 10.2 Å². The first-order valence-electron chi connectivity index (χ1n) is 8.73. The number of nitrogens with zero attached hydrogens (tertiary/aromatic N) is 3. The summed E-state index contributed by atoms with van der Waals surface area (Å²) >= 11 is 0. The van der Waals surface area contributed by atoms with E-state index in [1.165, 1.54) is 24.3 Å². The van der Waals surface area contributed by atoms with Crippen LogP contribution in [-0.4, -0.2) is 64.8 Å². The summed E-state index contributed by atoms with van der Waals surface area (Å²) in [6.45, 7) is 8.65. The van der Waals surface area contributed by atoms with Gasteiger partial charge >= 0.3 is 0 Å². The van der Waals surface area contributed by atoms with E-state index in [1.807, 2.05) is 25.7 Å². The average molecular weight is 362 g/mol. The molecule has 0 bridgehead atoms. The molecule has 8 heteroatoms. The van der Waals surface area contributed by atoms with Crippen LogP contribution in [0.25, 0.3) is 0 Å². The predicted molar refractivity (Wildman–Crippen MR) is 98.0 cm³/mol. The highest BCUT2D eigenvalue weighted by Gasteiger charge is 2.23. The van der Waals surface area contributed by atoms with Crippen LogP contribution in [0.5, 0.6) is 0 Å². The summed E-state index contributed by atoms with van der Waals surface area (Å²) in [4.78, 5) is 38.7. The number of nitro benzene ring substituents is 1. The number of carbonyl (C=O) groups is 2. The quantitative estimate of drug-likeness (QED) is 0.649. The lowest BCUT2D eigenvalue weighted by atomic mass is 10.1. The van der Waals surface area contributed by atoms with Crippen LogP contribution in [0, 0.1) is 10.1 Å². The minimum atomic E-state index is -0.485. The van der Waals surface area contributed by atoms with Crippen molar-refractivity contribution in [1.29, 1.82) is 0 Å². The summed E-state index contributed by atoms with van der Waals surface area (Å²) < 4.78 is 0. The molecule has 1 heterocycles. The molecule has 2 rings (SSSR count). The van der Waals surface area contributed by atoms with Crippen LogP contribution in [0.3, 0.4) is 0 Å². The maximum Gasteiger partial charge on any atom is 0.269 e. The Morgan fingerprint density at radius 3 is 2.35 bits per heavy atom. The summed E-state index contributed by atoms with van der Waals surface area (Å²) in [6.07, 6.45) is 0.779. The molecule has 0 radical (unpaired) electrons. The number of benzene rings is 1. The average Bonchev–Trinajstić information content (AvgIpc) is 2.78. The molecule has 1 fully saturated rings. The van der Waals surface area contributed by atoms with Gasteiger partial charge in [0.1, 0.15) is 0 Å². The van der Waals surface area contributed by atoms with Crippen LogP contribution in [0.2, 0.25) is 0 Å². The first kappa shape index (κ1) is 19.8. The van der Waals surface area contributed by atoms with Gasteiger partial charge in [-0.15, -0.1) is 0 Å². The van der Waals surface area contributed by atoms with E-state index in [2.05, 4.69) is 5.32 Å². The molecule has 0 unspecified atom stereocenters. The third-order valence-corrected chi connectivity index (χ3v) is 4.08. The molecule has 1 aromatic carbocycles. The van der Waals surface area contributed by atoms with Crippen LogP contribution in [-0.2, 0) is 4.79 Å². The third kappa shape index (κ3) is 5.80. The molecule has 0 atom stereocenters. The lowest BCUT2D eigenvalue weighted by Crippen LogP contribution is -2.46. The van der Waals surface area contributed by atoms with Crippen LogP contribution < -0.4 is 5.32 Å². The Bertz CT molecular complexity index is 667. The Balaban J connectivity index is 1.92. The van der Waals surface area contributed by atoms with Crippen LogP contribution in [0.4, 0.5) is 5.69 Å². The number of nitro groups is 1. The Morgan fingerprint density at radius 1 is 1.12 bits per heavy atom. The maximum absolute atomic E-state index is 12.6. The Labute approximate surface area is 153 Å². The molecule has 1 saturated heterocycles. The molecule has 1 aromatic rings. The van der Waals surface area contributed by atoms with Crippen molar-refractivity contribution in [3.05, 3.63) is 39.9 Å². The molecule has 0 aromatic heterocycles. The minimum absolute atomic E-state index is 0.0207. The maximum atomic E-state index is 12.6. The highest BCUT2D eigenvalue weighted by Crippen LogP contribution is 2.15. The molecule has 2 amide bonds. The van der Waals surface area contributed by atoms with Gasteiger partial charge in [-0.2, -0.15) is 0 Å². The van der Waals surface area contributed by atoms with E-state index < -0.39 is 4.92 Å². The van der Waals surface area contributed by atoms with E-state index >= 15 is 0 Å². The van der Waals surface area contributed by atoms with E-state index in [0.29, 0.717) is 31.7 Å². The second-order valence-corrected chi connectivity index (χ2v) is 7.52. The molecule has 26 heavy (non-hydrogen) atoms. The second-order valence-electron chi connectivity index (χ2n) is 7.52. The normalized spacial score (nSPS) is 16.0. The van der Waals surface area contributed by atoms with E-state index in [4.69, 9.17) is 0 Å². The van der Waals surface area contributed by atoms with Gasteiger partial charge in [0.2, 0.25) is 5.91 Å². The van der Waals surface area contributed by atoms with Crippen LogP contribution >= 0.6 is 0 Å². The van der Waals surface area contributed by atoms with Gasteiger partial charge in [0, 0.05) is 49.4 Å². The van der Waals surface area contributed by atoms with Crippen molar-refractivity contribution in [2.24, 2.45) is 0 Å². The van der Waals surface area contributed by atoms with E-state index in [9.17, 15) is 19.7 Å². The zero-order valence-electron chi connectivity index (χ0n) is 15.5. The first-order valence-corrected chi connectivity index (χ1v) is 8.73. The Hall–Kier alpha value is -2.48. The van der Waals surface area contributed by atoms with Crippen molar-refractivity contribution in [3.8, 4) is 0 Å². The van der Waals surface area contributed by atoms with Gasteiger partial charge in [-0.1, -0.05) is 0 Å². The van der Waals surface area contributed by atoms with Gasteiger partial charge in [0.25, 0.3) is 11.6 Å². The van der Waals surface area contributed by atoms with E-state index in [1.54, 1.807) is 4.90 Å². The van der Waals surface area contributed by atoms with Crippen LogP contribution in [0.1, 0.15) is 37.6 Å². The lowest BCUT2D eigenvalue weighted by Gasteiger charge is -2.25. The smallest absolute Gasteiger partial charge is 0.269 e. The summed E-state index contributed by atoms with van der Waals surface area (Å²) in [6, 6.07) is 5.65. The Morgan fingerprint density at radius 2 is 1.77 bits per heavy atom. The minimum Gasteiger partial charge on any atom is -0.350 e. The molecule has 1 aliphatic heterocycles. The largest absolute Gasteiger partial charge is 0.350 e. The SMILES string of the molecule is CC(C)(C)NC(=O)CN1CCCN(C(=O)c2ccc([N+](=O)[O-])cc2)CC1. The highest BCUT2D eigenvalue weighted by atomic mass is 16.6. The molecule has 142 valence electrons. The first-order chi connectivity index (χ1) is 12.2. The van der Waals surface area contributed by atoms with Gasteiger partial charge in [0.15, 0.2) is 0 Å². The standard InChI is InChI=1S/C18H26N4O4/c1-18(2,3)19-16(23)13-20-9-4-10-21(12-11-20)17(24)14-5-7-15(8-6-14)22(25)26/h5-8H,4,9-13H2,1-3H3,(H,19,23). The summed E-state index contributed by atoms with van der Waals surface area (Å²) in [5.74, 6) is -0.159. The number of rotatable bonds is 4. The van der Waals surface area contributed by atoms with Crippen molar-refractivity contribution >= 4 is 17.5 Å². The topological polar surface area (TPSA) is 95.8 Å². The van der Waals surface area contributed by atoms with Crippen LogP contribution in [0.15, 0.2) is 24.3 Å². The molecule has 1 N–H and O–H groups in total. The van der Waals surface area contributed by atoms with Crippen molar-refractivity contribution < 1.29 is 14.5 Å². The summed E-state index contributed by atoms with van der Waals surface area (Å²) in [5.41, 5.74) is 0.142. The Kier molecular flexibility index (Phi) is 6.31. The summed E-state index contributed by atoms with van der Waals surface area (Å²) in [7, 11) is 0. The highest BCUT2D eigenvalue weighted by molar-refractivity contribution is 5.94. The lowest BCUT2D eigenvalue weighted by molar-refractivity contribution is -0.384. The van der Waals surface area contributed by atoms with Gasteiger partial charge in [-0.3, -0.25) is 24.6 Å². The van der Waals surface area contributed by atoms with E-state index in [0.717, 1.165) is 13.0 Å². The predicted octanol–water partition coefficient (Wildman–Crippen LogP) is 1.66. The van der Waals surface area contributed by atoms with Crippen molar-refractivity contribution in [2.45, 2.75) is 32.7 Å². The monoisotopic (exact) mass is 362 g/mol. The molecule has 0 saturated carbocycles. The van der Waals surface area contributed by atoms with Crippen molar-refractivity contribution in [1.82, 2.24) is 15.1 Å². The number of hydrogen-bond acceptors (Lipinski definition) is 5. The zero-order valence-corrected chi connectivity index (χ0v) is 15.5. The van der Waals surface area contributed by atoms with Gasteiger partial charge in [-0.25, -0.2) is 0 Å². The number of non-ortho nitro benzene ring substituents is 1. The van der Waals surface area contributed by atoms with Gasteiger partial charge in [0.05, 0.1) is 11.5 Å². The van der Waals surface area contributed by atoms with E-state index in [-0.39, 0.29) is 23.0 Å². The molecular formula is C18H26N4O4. The third-order valence-electron chi connectivity index (χ3n) is 4.08. The number of hydrogen-bond donors (Lipinski definition) is 1. The fourth-order valence-corrected chi connectivity index (χ4v) is 2.90. The number of carbonyl (C=O) groups excluding carboxylic acids is 2. The fourth-order valence-electron chi connectivity index (χ4n) is 2.90. The summed E-state index contributed by atoms with van der Waals surface area (Å²) in [5, 5.41) is 13.7. The van der Waals surface area contributed by atoms with Crippen molar-refractivity contribution in [2.75, 3.05) is 32.7 Å². The molecule has 8 nitrogen and oxygen atoms in total. The molecule has 0 aliphatic carbocycles.